The number of hydrogen-bond donors (Lipinski definition) is 2. The normalized spacial score (nSPS) is 10.3. The van der Waals surface area contributed by atoms with E-state index in [1.165, 1.54) is 24.5 Å². The summed E-state index contributed by atoms with van der Waals surface area (Å²) in [6, 6.07) is 15.4. The Bertz CT molecular complexity index is 898. The van der Waals surface area contributed by atoms with Crippen molar-refractivity contribution in [1.82, 2.24) is 9.97 Å². The second kappa shape index (κ2) is 7.53. The lowest BCUT2D eigenvalue weighted by Crippen LogP contribution is -2.15. The maximum Gasteiger partial charge on any atom is 0.274 e. The number of halogens is 1. The van der Waals surface area contributed by atoms with Gasteiger partial charge in [0.15, 0.2) is 0 Å². The molecule has 1 heterocycles. The van der Waals surface area contributed by atoms with Crippen LogP contribution in [0, 0.1) is 5.82 Å². The molecule has 0 atom stereocenters. The average molecular weight is 336 g/mol. The summed E-state index contributed by atoms with van der Waals surface area (Å²) < 4.78 is 13.7. The molecule has 3 rings (SSSR count). The third kappa shape index (κ3) is 3.98. The predicted octanol–water partition coefficient (Wildman–Crippen LogP) is 4.17. The molecule has 0 aliphatic rings. The molecule has 0 aliphatic heterocycles. The molecular formula is C19H17FN4O. The molecule has 0 unspecified atom stereocenters. The zero-order valence-corrected chi connectivity index (χ0v) is 13.7. The molecule has 0 radical (unpaired) electrons. The van der Waals surface area contributed by atoms with Crippen molar-refractivity contribution in [3.05, 3.63) is 78.0 Å². The van der Waals surface area contributed by atoms with Crippen LogP contribution in [0.5, 0.6) is 0 Å². The van der Waals surface area contributed by atoms with Crippen LogP contribution in [-0.2, 0) is 6.42 Å². The van der Waals surface area contributed by atoms with Crippen LogP contribution >= 0.6 is 0 Å². The molecule has 6 heteroatoms. The van der Waals surface area contributed by atoms with Gasteiger partial charge in [-0.25, -0.2) is 14.4 Å². The summed E-state index contributed by atoms with van der Waals surface area (Å²) in [7, 11) is 0. The van der Waals surface area contributed by atoms with Crippen LogP contribution in [0.2, 0.25) is 0 Å². The minimum atomic E-state index is -0.501. The molecular weight excluding hydrogens is 319 g/mol. The van der Waals surface area contributed by atoms with Crippen molar-refractivity contribution in [2.75, 3.05) is 10.6 Å². The number of benzene rings is 2. The van der Waals surface area contributed by atoms with Crippen LogP contribution in [-0.4, -0.2) is 15.9 Å². The number of hydrogen-bond acceptors (Lipinski definition) is 4. The van der Waals surface area contributed by atoms with E-state index in [4.69, 9.17) is 0 Å². The van der Waals surface area contributed by atoms with Crippen molar-refractivity contribution in [3.63, 3.8) is 0 Å². The summed E-state index contributed by atoms with van der Waals surface area (Å²) in [6.45, 7) is 2.06. The molecule has 1 amide bonds. The van der Waals surface area contributed by atoms with Crippen molar-refractivity contribution in [2.45, 2.75) is 13.3 Å². The number of nitrogens with zero attached hydrogens (tertiary/aromatic N) is 2. The number of aryl methyl sites for hydroxylation is 1. The lowest BCUT2D eigenvalue weighted by atomic mass is 10.1. The number of rotatable bonds is 5. The van der Waals surface area contributed by atoms with Gasteiger partial charge in [-0.1, -0.05) is 37.3 Å². The number of aromatic nitrogens is 2. The van der Waals surface area contributed by atoms with Crippen molar-refractivity contribution in [1.29, 1.82) is 0 Å². The van der Waals surface area contributed by atoms with Gasteiger partial charge in [0.2, 0.25) is 0 Å². The number of anilines is 3. The van der Waals surface area contributed by atoms with Crippen LogP contribution in [0.15, 0.2) is 60.9 Å². The first-order valence-electron chi connectivity index (χ1n) is 7.90. The van der Waals surface area contributed by atoms with Crippen molar-refractivity contribution >= 4 is 23.1 Å². The molecule has 0 saturated carbocycles. The van der Waals surface area contributed by atoms with Gasteiger partial charge in [-0.15, -0.1) is 0 Å². The number of carbonyl (C=O) groups is 1. The lowest BCUT2D eigenvalue weighted by molar-refractivity contribution is 0.102. The molecule has 2 aromatic carbocycles. The van der Waals surface area contributed by atoms with E-state index >= 15 is 0 Å². The van der Waals surface area contributed by atoms with E-state index in [9.17, 15) is 9.18 Å². The SMILES string of the molecule is CCc1ccccc1Nc1cc(C(=O)Nc2ccccc2F)ncn1. The van der Waals surface area contributed by atoms with Crippen LogP contribution < -0.4 is 10.6 Å². The summed E-state index contributed by atoms with van der Waals surface area (Å²) in [5.41, 5.74) is 2.31. The first kappa shape index (κ1) is 16.6. The summed E-state index contributed by atoms with van der Waals surface area (Å²) in [5, 5.41) is 5.70. The van der Waals surface area contributed by atoms with Gasteiger partial charge in [0.05, 0.1) is 5.69 Å². The number of amides is 1. The molecule has 0 saturated heterocycles. The average Bonchev–Trinajstić information content (AvgIpc) is 2.64. The van der Waals surface area contributed by atoms with Gasteiger partial charge in [-0.3, -0.25) is 4.79 Å². The van der Waals surface area contributed by atoms with Gasteiger partial charge < -0.3 is 10.6 Å². The molecule has 5 nitrogen and oxygen atoms in total. The van der Waals surface area contributed by atoms with Gasteiger partial charge in [-0.2, -0.15) is 0 Å². The zero-order valence-electron chi connectivity index (χ0n) is 13.7. The number of para-hydroxylation sites is 2. The standard InChI is InChI=1S/C19H17FN4O/c1-2-13-7-3-5-9-15(13)23-18-11-17(21-12-22-18)19(25)24-16-10-6-4-8-14(16)20/h3-12H,2H2,1H3,(H,24,25)(H,21,22,23). The topological polar surface area (TPSA) is 66.9 Å². The molecule has 1 aromatic heterocycles. The van der Waals surface area contributed by atoms with E-state index < -0.39 is 11.7 Å². The van der Waals surface area contributed by atoms with E-state index in [-0.39, 0.29) is 11.4 Å². The van der Waals surface area contributed by atoms with Gasteiger partial charge in [-0.05, 0) is 30.2 Å². The number of carbonyl (C=O) groups excluding carboxylic acids is 1. The highest BCUT2D eigenvalue weighted by molar-refractivity contribution is 6.03. The first-order valence-corrected chi connectivity index (χ1v) is 7.90. The summed E-state index contributed by atoms with van der Waals surface area (Å²) in [6.07, 6.45) is 2.17. The van der Waals surface area contributed by atoms with Crippen LogP contribution in [0.3, 0.4) is 0 Å². The summed E-state index contributed by atoms with van der Waals surface area (Å²) >= 11 is 0. The van der Waals surface area contributed by atoms with Gasteiger partial charge in [0.1, 0.15) is 23.7 Å². The van der Waals surface area contributed by atoms with E-state index in [1.807, 2.05) is 24.3 Å². The minimum Gasteiger partial charge on any atom is -0.340 e. The van der Waals surface area contributed by atoms with E-state index in [2.05, 4.69) is 27.5 Å². The van der Waals surface area contributed by atoms with Gasteiger partial charge >= 0.3 is 0 Å². The van der Waals surface area contributed by atoms with E-state index in [1.54, 1.807) is 12.1 Å². The quantitative estimate of drug-likeness (QED) is 0.734. The van der Waals surface area contributed by atoms with E-state index in [0.717, 1.165) is 17.7 Å². The summed E-state index contributed by atoms with van der Waals surface area (Å²) in [4.78, 5) is 20.4. The van der Waals surface area contributed by atoms with Gasteiger partial charge in [0, 0.05) is 11.8 Å². The highest BCUT2D eigenvalue weighted by atomic mass is 19.1. The number of nitrogens with one attached hydrogen (secondary N) is 2. The van der Waals surface area contributed by atoms with E-state index in [0.29, 0.717) is 5.82 Å². The smallest absolute Gasteiger partial charge is 0.274 e. The Labute approximate surface area is 145 Å². The molecule has 0 spiro atoms. The second-order valence-corrected chi connectivity index (χ2v) is 5.36. The second-order valence-electron chi connectivity index (χ2n) is 5.36. The highest BCUT2D eigenvalue weighted by Crippen LogP contribution is 2.20. The fourth-order valence-electron chi connectivity index (χ4n) is 2.39. The summed E-state index contributed by atoms with van der Waals surface area (Å²) in [5.74, 6) is -0.506. The van der Waals surface area contributed by atoms with Crippen molar-refractivity contribution in [3.8, 4) is 0 Å². The first-order chi connectivity index (χ1) is 12.2. The Morgan fingerprint density at radius 3 is 2.52 bits per heavy atom. The van der Waals surface area contributed by atoms with Crippen molar-refractivity contribution < 1.29 is 9.18 Å². The van der Waals surface area contributed by atoms with Crippen LogP contribution in [0.25, 0.3) is 0 Å². The highest BCUT2D eigenvalue weighted by Gasteiger charge is 2.12. The van der Waals surface area contributed by atoms with Crippen LogP contribution in [0.4, 0.5) is 21.6 Å². The predicted molar refractivity (Wildman–Crippen MR) is 95.5 cm³/mol. The fraction of sp³-hybridized carbons (Fsp3) is 0.105. The molecule has 0 bridgehead atoms. The maximum atomic E-state index is 13.7. The Balaban J connectivity index is 1.79. The van der Waals surface area contributed by atoms with Crippen LogP contribution in [0.1, 0.15) is 23.0 Å². The maximum absolute atomic E-state index is 13.7. The minimum absolute atomic E-state index is 0.108. The molecule has 2 N–H and O–H groups in total. The third-order valence-electron chi connectivity index (χ3n) is 3.68. The third-order valence-corrected chi connectivity index (χ3v) is 3.68. The van der Waals surface area contributed by atoms with Gasteiger partial charge in [0.25, 0.3) is 5.91 Å². The molecule has 126 valence electrons. The molecule has 0 fully saturated rings. The zero-order chi connectivity index (χ0) is 17.6. The molecule has 3 aromatic rings. The monoisotopic (exact) mass is 336 g/mol. The Morgan fingerprint density at radius 2 is 1.76 bits per heavy atom. The Morgan fingerprint density at radius 1 is 1.04 bits per heavy atom. The lowest BCUT2D eigenvalue weighted by Gasteiger charge is -2.11. The molecule has 0 aliphatic carbocycles. The largest absolute Gasteiger partial charge is 0.340 e. The molecule has 25 heavy (non-hydrogen) atoms. The van der Waals surface area contributed by atoms with Crippen molar-refractivity contribution in [2.24, 2.45) is 0 Å². The fourth-order valence-corrected chi connectivity index (χ4v) is 2.39. The Hall–Kier alpha value is -3.28. The Kier molecular flexibility index (Phi) is 4.99.